The zero-order valence-electron chi connectivity index (χ0n) is 13.1. The molecule has 1 aromatic rings. The van der Waals surface area contributed by atoms with E-state index in [2.05, 4.69) is 0 Å². The lowest BCUT2D eigenvalue weighted by molar-refractivity contribution is 0.0645. The van der Waals surface area contributed by atoms with Crippen LogP contribution in [0.25, 0.3) is 0 Å². The molecular weight excluding hydrogens is 304 g/mol. The lowest BCUT2D eigenvalue weighted by atomic mass is 9.79. The molecule has 1 atom stereocenters. The third-order valence-electron chi connectivity index (χ3n) is 5.19. The molecule has 1 amide bonds. The smallest absolute Gasteiger partial charge is 0.257 e. The molecule has 0 saturated heterocycles. The van der Waals surface area contributed by atoms with Crippen molar-refractivity contribution < 1.29 is 23.8 Å². The second-order valence-electron chi connectivity index (χ2n) is 6.76. The number of amides is 1. The van der Waals surface area contributed by atoms with E-state index in [1.54, 1.807) is 6.92 Å². The van der Waals surface area contributed by atoms with Gasteiger partial charge in [0.15, 0.2) is 17.4 Å². The quantitative estimate of drug-likeness (QED) is 0.898. The molecule has 0 spiro atoms. The van der Waals surface area contributed by atoms with Gasteiger partial charge in [-0.3, -0.25) is 4.79 Å². The zero-order chi connectivity index (χ0) is 16.7. The Morgan fingerprint density at radius 2 is 1.96 bits per heavy atom. The highest BCUT2D eigenvalue weighted by Crippen LogP contribution is 2.35. The normalized spacial score (nSPS) is 25.6. The van der Waals surface area contributed by atoms with Crippen LogP contribution in [0.3, 0.4) is 0 Å². The van der Waals surface area contributed by atoms with Gasteiger partial charge in [-0.25, -0.2) is 8.78 Å². The molecule has 0 bridgehead atoms. The summed E-state index contributed by atoms with van der Waals surface area (Å²) in [6, 6.07) is 1.04. The van der Waals surface area contributed by atoms with Crippen molar-refractivity contribution in [2.24, 2.45) is 11.8 Å². The minimum absolute atomic E-state index is 0.179. The van der Waals surface area contributed by atoms with Crippen molar-refractivity contribution in [3.05, 3.63) is 28.8 Å². The van der Waals surface area contributed by atoms with Crippen LogP contribution in [0, 0.1) is 23.5 Å². The molecule has 23 heavy (non-hydrogen) atoms. The Kier molecular flexibility index (Phi) is 4.27. The molecule has 1 saturated carbocycles. The van der Waals surface area contributed by atoms with Crippen molar-refractivity contribution in [3.8, 4) is 5.75 Å². The van der Waals surface area contributed by atoms with Crippen molar-refractivity contribution in [2.45, 2.75) is 45.3 Å². The highest BCUT2D eigenvalue weighted by molar-refractivity contribution is 5.99. The maximum atomic E-state index is 13.9. The first kappa shape index (κ1) is 16.2. The first-order valence-corrected chi connectivity index (χ1v) is 8.05. The van der Waals surface area contributed by atoms with E-state index in [0.29, 0.717) is 23.9 Å². The number of phenolic OH excluding ortho intramolecular Hbond substituents is 1. The van der Waals surface area contributed by atoms with Crippen LogP contribution in [0.2, 0.25) is 0 Å². The summed E-state index contributed by atoms with van der Waals surface area (Å²) in [5.74, 6) is -3.15. The number of hydrogen-bond donors (Lipinski definition) is 2. The molecule has 6 heteroatoms. The van der Waals surface area contributed by atoms with Gasteiger partial charge in [0.1, 0.15) is 0 Å². The van der Waals surface area contributed by atoms with Gasteiger partial charge in [-0.1, -0.05) is 0 Å². The van der Waals surface area contributed by atoms with Crippen LogP contribution >= 0.6 is 0 Å². The highest BCUT2D eigenvalue weighted by Gasteiger charge is 2.35. The SMILES string of the molecule is CC(O)[C@H]1CC[C@H](CN2Cc3cc(F)c(O)c(F)c3C2=O)CC1. The fraction of sp³-hybridized carbons (Fsp3) is 0.588. The number of carbonyl (C=O) groups is 1. The van der Waals surface area contributed by atoms with Crippen molar-refractivity contribution >= 4 is 5.91 Å². The third-order valence-corrected chi connectivity index (χ3v) is 5.19. The number of halogens is 2. The van der Waals surface area contributed by atoms with E-state index in [0.717, 1.165) is 31.7 Å². The van der Waals surface area contributed by atoms with E-state index in [1.807, 2.05) is 0 Å². The van der Waals surface area contributed by atoms with Gasteiger partial charge in [0.2, 0.25) is 0 Å². The molecule has 0 aromatic heterocycles. The fourth-order valence-corrected chi connectivity index (χ4v) is 3.76. The molecule has 1 aliphatic heterocycles. The molecule has 1 fully saturated rings. The summed E-state index contributed by atoms with van der Waals surface area (Å²) in [7, 11) is 0. The Labute approximate surface area is 133 Å². The molecule has 3 rings (SSSR count). The second-order valence-corrected chi connectivity index (χ2v) is 6.76. The Morgan fingerprint density at radius 1 is 1.30 bits per heavy atom. The van der Waals surface area contributed by atoms with E-state index in [1.165, 1.54) is 4.90 Å². The molecule has 2 aliphatic rings. The van der Waals surface area contributed by atoms with Crippen LogP contribution in [0.15, 0.2) is 6.07 Å². The minimum Gasteiger partial charge on any atom is -0.503 e. The van der Waals surface area contributed by atoms with Crippen LogP contribution < -0.4 is 0 Å². The molecule has 1 heterocycles. The summed E-state index contributed by atoms with van der Waals surface area (Å²) in [5, 5.41) is 19.0. The van der Waals surface area contributed by atoms with Gasteiger partial charge in [0.05, 0.1) is 11.7 Å². The summed E-state index contributed by atoms with van der Waals surface area (Å²) in [6.45, 7) is 2.48. The molecular formula is C17H21F2NO3. The molecule has 126 valence electrons. The van der Waals surface area contributed by atoms with Gasteiger partial charge in [0, 0.05) is 13.1 Å². The van der Waals surface area contributed by atoms with Crippen LogP contribution in [-0.2, 0) is 6.54 Å². The average Bonchev–Trinajstić information content (AvgIpc) is 2.81. The molecule has 4 nitrogen and oxygen atoms in total. The lowest BCUT2D eigenvalue weighted by Crippen LogP contribution is -2.33. The van der Waals surface area contributed by atoms with Crippen LogP contribution in [-0.4, -0.2) is 33.7 Å². The molecule has 0 radical (unpaired) electrons. The van der Waals surface area contributed by atoms with E-state index >= 15 is 0 Å². The summed E-state index contributed by atoms with van der Waals surface area (Å²) < 4.78 is 27.4. The van der Waals surface area contributed by atoms with E-state index in [9.17, 15) is 23.8 Å². The van der Waals surface area contributed by atoms with E-state index in [4.69, 9.17) is 0 Å². The number of aliphatic hydroxyl groups is 1. The maximum Gasteiger partial charge on any atom is 0.257 e. The predicted molar refractivity (Wildman–Crippen MR) is 79.9 cm³/mol. The van der Waals surface area contributed by atoms with E-state index < -0.39 is 23.3 Å². The monoisotopic (exact) mass is 325 g/mol. The molecule has 1 unspecified atom stereocenters. The van der Waals surface area contributed by atoms with Gasteiger partial charge in [-0.15, -0.1) is 0 Å². The number of nitrogens with zero attached hydrogens (tertiary/aromatic N) is 1. The Balaban J connectivity index is 1.68. The molecule has 1 aliphatic carbocycles. The number of phenols is 1. The Hall–Kier alpha value is -1.69. The van der Waals surface area contributed by atoms with Crippen LogP contribution in [0.5, 0.6) is 5.75 Å². The number of carbonyl (C=O) groups excluding carboxylic acids is 1. The van der Waals surface area contributed by atoms with Crippen molar-refractivity contribution in [1.82, 2.24) is 4.90 Å². The highest BCUT2D eigenvalue weighted by atomic mass is 19.1. The van der Waals surface area contributed by atoms with Gasteiger partial charge < -0.3 is 15.1 Å². The van der Waals surface area contributed by atoms with Crippen LogP contribution in [0.1, 0.15) is 48.5 Å². The number of rotatable bonds is 3. The fourth-order valence-electron chi connectivity index (χ4n) is 3.76. The van der Waals surface area contributed by atoms with Crippen molar-refractivity contribution in [1.29, 1.82) is 0 Å². The third kappa shape index (κ3) is 2.92. The maximum absolute atomic E-state index is 13.9. The summed E-state index contributed by atoms with van der Waals surface area (Å²) >= 11 is 0. The zero-order valence-corrected chi connectivity index (χ0v) is 13.1. The van der Waals surface area contributed by atoms with Gasteiger partial charge in [-0.05, 0) is 56.1 Å². The predicted octanol–water partition coefficient (Wildman–Crippen LogP) is 2.81. The topological polar surface area (TPSA) is 60.8 Å². The van der Waals surface area contributed by atoms with Crippen molar-refractivity contribution in [2.75, 3.05) is 6.54 Å². The first-order valence-electron chi connectivity index (χ1n) is 8.05. The largest absolute Gasteiger partial charge is 0.503 e. The van der Waals surface area contributed by atoms with Gasteiger partial charge in [-0.2, -0.15) is 0 Å². The summed E-state index contributed by atoms with van der Waals surface area (Å²) in [6.07, 6.45) is 3.35. The standard InChI is InChI=1S/C17H21F2NO3/c1-9(21)11-4-2-10(3-5-11)7-20-8-12-6-13(18)16(22)15(19)14(12)17(20)23/h6,9-11,21-22H,2-5,7-8H2,1H3/t9?,10-,11-. The number of fused-ring (bicyclic) bond motifs is 1. The summed E-state index contributed by atoms with van der Waals surface area (Å²) in [5.41, 5.74) is 0.0852. The second kappa shape index (κ2) is 6.07. The Morgan fingerprint density at radius 3 is 2.57 bits per heavy atom. The van der Waals surface area contributed by atoms with Crippen molar-refractivity contribution in [3.63, 3.8) is 0 Å². The number of aliphatic hydroxyl groups excluding tert-OH is 1. The number of aromatic hydroxyl groups is 1. The van der Waals surface area contributed by atoms with Gasteiger partial charge in [0.25, 0.3) is 5.91 Å². The number of benzene rings is 1. The lowest BCUT2D eigenvalue weighted by Gasteiger charge is -2.32. The molecule has 1 aromatic carbocycles. The first-order chi connectivity index (χ1) is 10.9. The molecule has 2 N–H and O–H groups in total. The summed E-state index contributed by atoms with van der Waals surface area (Å²) in [4.78, 5) is 13.9. The Bertz CT molecular complexity index is 625. The van der Waals surface area contributed by atoms with Crippen LogP contribution in [0.4, 0.5) is 8.78 Å². The van der Waals surface area contributed by atoms with Gasteiger partial charge >= 0.3 is 0 Å². The average molecular weight is 325 g/mol. The minimum atomic E-state index is -1.16. The number of hydrogen-bond acceptors (Lipinski definition) is 3. The van der Waals surface area contributed by atoms with E-state index in [-0.39, 0.29) is 18.2 Å².